The monoisotopic (exact) mass is 184 g/mol. The van der Waals surface area contributed by atoms with Crippen LogP contribution in [0.1, 0.15) is 23.7 Å². The summed E-state index contributed by atoms with van der Waals surface area (Å²) in [4.78, 5) is 3.65. The molecule has 1 atom stereocenters. The van der Waals surface area contributed by atoms with E-state index in [1.807, 2.05) is 0 Å². The second-order valence-corrected chi connectivity index (χ2v) is 2.93. The van der Waals surface area contributed by atoms with Crippen LogP contribution < -0.4 is 5.73 Å². The molecule has 1 aromatic heterocycles. The Hall–Kier alpha value is -1.00. The molecule has 0 fully saturated rings. The lowest BCUT2D eigenvalue weighted by Crippen LogP contribution is -2.14. The molecule has 1 rings (SSSR count). The zero-order chi connectivity index (χ0) is 9.84. The summed E-state index contributed by atoms with van der Waals surface area (Å²) in [6.45, 7) is 1.73. The highest BCUT2D eigenvalue weighted by molar-refractivity contribution is 5.22. The van der Waals surface area contributed by atoms with Crippen molar-refractivity contribution < 1.29 is 9.50 Å². The van der Waals surface area contributed by atoms with Crippen LogP contribution in [0, 0.1) is 12.9 Å². The van der Waals surface area contributed by atoms with Gasteiger partial charge in [0.2, 0.25) is 5.95 Å². The molecule has 0 saturated heterocycles. The van der Waals surface area contributed by atoms with Crippen molar-refractivity contribution in [3.63, 3.8) is 0 Å². The summed E-state index contributed by atoms with van der Waals surface area (Å²) in [6, 6.07) is 2.62. The minimum Gasteiger partial charge on any atom is -0.396 e. The third-order valence-corrected chi connectivity index (χ3v) is 1.93. The standard InChI is InChI=1S/C9H13FN2O/c1-6-7(8(11)4-5-13)2-3-9(10)12-6/h2-3,8,13H,4-5,11H2,1H3/t8-/m0/s1. The average molecular weight is 184 g/mol. The number of pyridine rings is 1. The van der Waals surface area contributed by atoms with Crippen LogP contribution in [0.25, 0.3) is 0 Å². The number of rotatable bonds is 3. The fraction of sp³-hybridized carbons (Fsp3) is 0.444. The van der Waals surface area contributed by atoms with Crippen LogP contribution in [-0.4, -0.2) is 16.7 Å². The highest BCUT2D eigenvalue weighted by Gasteiger charge is 2.09. The molecule has 13 heavy (non-hydrogen) atoms. The van der Waals surface area contributed by atoms with Crippen molar-refractivity contribution >= 4 is 0 Å². The summed E-state index contributed by atoms with van der Waals surface area (Å²) in [5, 5.41) is 8.67. The second-order valence-electron chi connectivity index (χ2n) is 2.93. The summed E-state index contributed by atoms with van der Waals surface area (Å²) in [5.41, 5.74) is 7.11. The molecule has 0 amide bonds. The zero-order valence-electron chi connectivity index (χ0n) is 7.50. The van der Waals surface area contributed by atoms with E-state index in [1.54, 1.807) is 13.0 Å². The van der Waals surface area contributed by atoms with E-state index in [2.05, 4.69) is 4.98 Å². The van der Waals surface area contributed by atoms with E-state index in [0.717, 1.165) is 5.56 Å². The molecular weight excluding hydrogens is 171 g/mol. The number of aliphatic hydroxyl groups is 1. The van der Waals surface area contributed by atoms with Gasteiger partial charge in [-0.1, -0.05) is 6.07 Å². The molecule has 0 aliphatic heterocycles. The molecule has 1 aromatic rings. The Labute approximate surface area is 76.4 Å². The second kappa shape index (κ2) is 4.30. The lowest BCUT2D eigenvalue weighted by molar-refractivity contribution is 0.276. The van der Waals surface area contributed by atoms with E-state index in [1.165, 1.54) is 6.07 Å². The Morgan fingerprint density at radius 3 is 2.85 bits per heavy atom. The van der Waals surface area contributed by atoms with Gasteiger partial charge in [-0.15, -0.1) is 0 Å². The van der Waals surface area contributed by atoms with E-state index >= 15 is 0 Å². The minimum absolute atomic E-state index is 0.0258. The molecule has 0 aliphatic carbocycles. The minimum atomic E-state index is -0.502. The molecule has 72 valence electrons. The molecule has 4 heteroatoms. The van der Waals surface area contributed by atoms with Crippen LogP contribution in [-0.2, 0) is 0 Å². The number of halogens is 1. The first-order valence-electron chi connectivity index (χ1n) is 4.14. The molecular formula is C9H13FN2O. The first-order chi connectivity index (χ1) is 6.15. The highest BCUT2D eigenvalue weighted by Crippen LogP contribution is 2.16. The number of nitrogens with two attached hydrogens (primary N) is 1. The van der Waals surface area contributed by atoms with E-state index in [-0.39, 0.29) is 12.6 Å². The van der Waals surface area contributed by atoms with Crippen molar-refractivity contribution in [3.05, 3.63) is 29.3 Å². The van der Waals surface area contributed by atoms with Gasteiger partial charge in [-0.25, -0.2) is 4.98 Å². The number of aryl methyl sites for hydroxylation is 1. The van der Waals surface area contributed by atoms with Crippen molar-refractivity contribution in [3.8, 4) is 0 Å². The van der Waals surface area contributed by atoms with Crippen molar-refractivity contribution in [2.24, 2.45) is 5.73 Å². The topological polar surface area (TPSA) is 59.1 Å². The molecule has 0 aromatic carbocycles. The largest absolute Gasteiger partial charge is 0.396 e. The number of aromatic nitrogens is 1. The summed E-state index contributed by atoms with van der Waals surface area (Å²) in [5.74, 6) is -0.502. The van der Waals surface area contributed by atoms with Crippen LogP contribution in [0.5, 0.6) is 0 Å². The van der Waals surface area contributed by atoms with Gasteiger partial charge < -0.3 is 10.8 Å². The van der Waals surface area contributed by atoms with Crippen LogP contribution in [0.4, 0.5) is 4.39 Å². The average Bonchev–Trinajstić information content (AvgIpc) is 2.04. The molecule has 3 nitrogen and oxygen atoms in total. The third kappa shape index (κ3) is 2.47. The normalized spacial score (nSPS) is 12.9. The molecule has 0 radical (unpaired) electrons. The van der Waals surface area contributed by atoms with Crippen LogP contribution >= 0.6 is 0 Å². The molecule has 1 heterocycles. The molecule has 0 unspecified atom stereocenters. The van der Waals surface area contributed by atoms with Crippen molar-refractivity contribution in [1.29, 1.82) is 0 Å². The summed E-state index contributed by atoms with van der Waals surface area (Å²) >= 11 is 0. The van der Waals surface area contributed by atoms with Crippen LogP contribution in [0.15, 0.2) is 12.1 Å². The van der Waals surface area contributed by atoms with E-state index in [9.17, 15) is 4.39 Å². The Balaban J connectivity index is 2.88. The summed E-state index contributed by atoms with van der Waals surface area (Å²) in [6.07, 6.45) is 0.466. The fourth-order valence-corrected chi connectivity index (χ4v) is 1.23. The van der Waals surface area contributed by atoms with Crippen molar-refractivity contribution in [1.82, 2.24) is 4.98 Å². The summed E-state index contributed by atoms with van der Waals surface area (Å²) in [7, 11) is 0. The molecule has 0 spiro atoms. The highest BCUT2D eigenvalue weighted by atomic mass is 19.1. The quantitative estimate of drug-likeness (QED) is 0.686. The fourth-order valence-electron chi connectivity index (χ4n) is 1.23. The first-order valence-corrected chi connectivity index (χ1v) is 4.14. The van der Waals surface area contributed by atoms with Gasteiger partial charge in [0, 0.05) is 18.3 Å². The predicted molar refractivity (Wildman–Crippen MR) is 47.6 cm³/mol. The van der Waals surface area contributed by atoms with Gasteiger partial charge in [-0.3, -0.25) is 0 Å². The third-order valence-electron chi connectivity index (χ3n) is 1.93. The van der Waals surface area contributed by atoms with Gasteiger partial charge in [-0.05, 0) is 25.0 Å². The Kier molecular flexibility index (Phi) is 3.33. The summed E-state index contributed by atoms with van der Waals surface area (Å²) < 4.78 is 12.6. The molecule has 0 saturated carbocycles. The predicted octanol–water partition coefficient (Wildman–Crippen LogP) is 0.911. The number of hydrogen-bond donors (Lipinski definition) is 2. The lowest BCUT2D eigenvalue weighted by atomic mass is 10.0. The molecule has 0 bridgehead atoms. The van der Waals surface area contributed by atoms with Crippen molar-refractivity contribution in [2.45, 2.75) is 19.4 Å². The van der Waals surface area contributed by atoms with Gasteiger partial charge in [0.25, 0.3) is 0 Å². The van der Waals surface area contributed by atoms with Gasteiger partial charge >= 0.3 is 0 Å². The number of nitrogens with zero attached hydrogens (tertiary/aromatic N) is 1. The number of hydrogen-bond acceptors (Lipinski definition) is 3. The van der Waals surface area contributed by atoms with Gasteiger partial charge in [-0.2, -0.15) is 4.39 Å². The smallest absolute Gasteiger partial charge is 0.213 e. The van der Waals surface area contributed by atoms with Gasteiger partial charge in [0.05, 0.1) is 0 Å². The Morgan fingerprint density at radius 2 is 2.31 bits per heavy atom. The van der Waals surface area contributed by atoms with Crippen molar-refractivity contribution in [2.75, 3.05) is 6.61 Å². The molecule has 3 N–H and O–H groups in total. The van der Waals surface area contributed by atoms with Crippen LogP contribution in [0.2, 0.25) is 0 Å². The maximum Gasteiger partial charge on any atom is 0.213 e. The SMILES string of the molecule is Cc1nc(F)ccc1[C@@H](N)CCO. The van der Waals surface area contributed by atoms with Gasteiger partial charge in [0.15, 0.2) is 0 Å². The Bertz CT molecular complexity index is 291. The number of aliphatic hydroxyl groups excluding tert-OH is 1. The zero-order valence-corrected chi connectivity index (χ0v) is 7.50. The maximum absolute atomic E-state index is 12.6. The van der Waals surface area contributed by atoms with Gasteiger partial charge in [0.1, 0.15) is 0 Å². The lowest BCUT2D eigenvalue weighted by Gasteiger charge is -2.12. The van der Waals surface area contributed by atoms with E-state index in [0.29, 0.717) is 12.1 Å². The first kappa shape index (κ1) is 10.1. The maximum atomic E-state index is 12.6. The van der Waals surface area contributed by atoms with E-state index in [4.69, 9.17) is 10.8 Å². The molecule has 0 aliphatic rings. The van der Waals surface area contributed by atoms with Crippen LogP contribution in [0.3, 0.4) is 0 Å². The Morgan fingerprint density at radius 1 is 1.62 bits per heavy atom. The van der Waals surface area contributed by atoms with E-state index < -0.39 is 5.95 Å².